The summed E-state index contributed by atoms with van der Waals surface area (Å²) in [5, 5.41) is 10.1. The molecule has 0 aromatic carbocycles. The summed E-state index contributed by atoms with van der Waals surface area (Å²) >= 11 is 0. The molecule has 0 bridgehead atoms. The first-order valence-corrected chi connectivity index (χ1v) is 6.29. The van der Waals surface area contributed by atoms with Gasteiger partial charge in [0.15, 0.2) is 5.79 Å². The van der Waals surface area contributed by atoms with Gasteiger partial charge in [0.2, 0.25) is 0 Å². The van der Waals surface area contributed by atoms with Crippen LogP contribution in [0.15, 0.2) is 12.7 Å². The van der Waals surface area contributed by atoms with Crippen molar-refractivity contribution in [3.8, 4) is 0 Å². The Kier molecular flexibility index (Phi) is 3.67. The Morgan fingerprint density at radius 1 is 1.38 bits per heavy atom. The summed E-state index contributed by atoms with van der Waals surface area (Å²) in [6, 6.07) is 0. The van der Waals surface area contributed by atoms with E-state index in [4.69, 9.17) is 9.47 Å². The largest absolute Gasteiger partial charge is 0.390 e. The molecule has 0 unspecified atom stereocenters. The summed E-state index contributed by atoms with van der Waals surface area (Å²) in [6.07, 6.45) is 6.62. The van der Waals surface area contributed by atoms with Gasteiger partial charge in [-0.2, -0.15) is 0 Å². The summed E-state index contributed by atoms with van der Waals surface area (Å²) in [6.45, 7) is 6.17. The number of hydrogen-bond acceptors (Lipinski definition) is 3. The Labute approximate surface area is 97.4 Å². The fraction of sp³-hybridized carbons (Fsp3) is 0.846. The molecule has 3 heteroatoms. The number of ether oxygens (including phenoxy) is 2. The lowest BCUT2D eigenvalue weighted by Crippen LogP contribution is -2.37. The standard InChI is InChI=1S/C13H22O3/c1-3-10(2)12(14)11-9-15-13(16-11)7-5-4-6-8-13/h3,10-12,14H,1,4-9H2,2H3/t10-,11+,12-/m0/s1. The van der Waals surface area contributed by atoms with E-state index in [2.05, 4.69) is 6.58 Å². The predicted molar refractivity (Wildman–Crippen MR) is 62.0 cm³/mol. The van der Waals surface area contributed by atoms with Gasteiger partial charge in [-0.15, -0.1) is 6.58 Å². The van der Waals surface area contributed by atoms with Crippen molar-refractivity contribution in [2.45, 2.75) is 57.0 Å². The van der Waals surface area contributed by atoms with Gasteiger partial charge in [0.05, 0.1) is 12.7 Å². The van der Waals surface area contributed by atoms with E-state index >= 15 is 0 Å². The quantitative estimate of drug-likeness (QED) is 0.750. The van der Waals surface area contributed by atoms with Crippen LogP contribution in [0.3, 0.4) is 0 Å². The molecule has 2 fully saturated rings. The van der Waals surface area contributed by atoms with Gasteiger partial charge in [-0.3, -0.25) is 0 Å². The molecule has 0 amide bonds. The Hall–Kier alpha value is -0.380. The van der Waals surface area contributed by atoms with Crippen LogP contribution in [0.4, 0.5) is 0 Å². The van der Waals surface area contributed by atoms with Crippen molar-refractivity contribution in [3.63, 3.8) is 0 Å². The van der Waals surface area contributed by atoms with Crippen molar-refractivity contribution >= 4 is 0 Å². The zero-order chi connectivity index (χ0) is 11.6. The Morgan fingerprint density at radius 2 is 2.06 bits per heavy atom. The molecule has 2 rings (SSSR count). The maximum absolute atomic E-state index is 10.1. The molecule has 1 N–H and O–H groups in total. The van der Waals surface area contributed by atoms with Crippen LogP contribution in [0.2, 0.25) is 0 Å². The Bertz CT molecular complexity index is 246. The highest BCUT2D eigenvalue weighted by atomic mass is 16.7. The van der Waals surface area contributed by atoms with Crippen molar-refractivity contribution in [1.29, 1.82) is 0 Å². The highest BCUT2D eigenvalue weighted by molar-refractivity contribution is 4.91. The van der Waals surface area contributed by atoms with Crippen molar-refractivity contribution in [3.05, 3.63) is 12.7 Å². The Morgan fingerprint density at radius 3 is 2.69 bits per heavy atom. The van der Waals surface area contributed by atoms with Gasteiger partial charge < -0.3 is 14.6 Å². The molecule has 2 aliphatic rings. The van der Waals surface area contributed by atoms with E-state index in [1.807, 2.05) is 6.92 Å². The summed E-state index contributed by atoms with van der Waals surface area (Å²) in [7, 11) is 0. The van der Waals surface area contributed by atoms with Crippen LogP contribution >= 0.6 is 0 Å². The zero-order valence-corrected chi connectivity index (χ0v) is 10.0. The number of rotatable bonds is 3. The summed E-state index contributed by atoms with van der Waals surface area (Å²) in [5.74, 6) is -0.336. The second-order valence-electron chi connectivity index (χ2n) is 5.02. The molecule has 3 atom stereocenters. The monoisotopic (exact) mass is 226 g/mol. The van der Waals surface area contributed by atoms with Crippen molar-refractivity contribution in [2.24, 2.45) is 5.92 Å². The maximum atomic E-state index is 10.1. The van der Waals surface area contributed by atoms with Crippen molar-refractivity contribution < 1.29 is 14.6 Å². The lowest BCUT2D eigenvalue weighted by atomic mass is 9.94. The van der Waals surface area contributed by atoms with Crippen LogP contribution in [-0.4, -0.2) is 29.7 Å². The minimum atomic E-state index is -0.501. The van der Waals surface area contributed by atoms with E-state index in [0.29, 0.717) is 6.61 Å². The smallest absolute Gasteiger partial charge is 0.169 e. The Balaban J connectivity index is 1.93. The first-order valence-electron chi connectivity index (χ1n) is 6.29. The van der Waals surface area contributed by atoms with Crippen LogP contribution in [-0.2, 0) is 9.47 Å². The second-order valence-corrected chi connectivity index (χ2v) is 5.02. The van der Waals surface area contributed by atoms with Crippen LogP contribution in [0.25, 0.3) is 0 Å². The van der Waals surface area contributed by atoms with E-state index in [1.54, 1.807) is 6.08 Å². The number of hydrogen-bond donors (Lipinski definition) is 1. The molecule has 0 aromatic rings. The summed E-state index contributed by atoms with van der Waals surface area (Å²) < 4.78 is 11.7. The first-order chi connectivity index (χ1) is 7.67. The molecule has 3 nitrogen and oxygen atoms in total. The molecule has 1 heterocycles. The summed E-state index contributed by atoms with van der Waals surface area (Å²) in [5.41, 5.74) is 0. The highest BCUT2D eigenvalue weighted by Gasteiger charge is 2.44. The first kappa shape index (κ1) is 12.1. The molecule has 1 aliphatic heterocycles. The molecule has 16 heavy (non-hydrogen) atoms. The molecular formula is C13H22O3. The van der Waals surface area contributed by atoms with Crippen LogP contribution in [0, 0.1) is 5.92 Å². The topological polar surface area (TPSA) is 38.7 Å². The van der Waals surface area contributed by atoms with E-state index in [0.717, 1.165) is 12.8 Å². The van der Waals surface area contributed by atoms with Crippen LogP contribution in [0.5, 0.6) is 0 Å². The van der Waals surface area contributed by atoms with Crippen LogP contribution < -0.4 is 0 Å². The molecule has 0 aromatic heterocycles. The minimum absolute atomic E-state index is 0.0485. The van der Waals surface area contributed by atoms with Gasteiger partial charge in [0, 0.05) is 18.8 Å². The van der Waals surface area contributed by atoms with Crippen LogP contribution in [0.1, 0.15) is 39.0 Å². The van der Waals surface area contributed by atoms with Gasteiger partial charge >= 0.3 is 0 Å². The van der Waals surface area contributed by atoms with Gasteiger partial charge in [-0.1, -0.05) is 19.4 Å². The third-order valence-electron chi connectivity index (χ3n) is 3.78. The zero-order valence-electron chi connectivity index (χ0n) is 10.0. The lowest BCUT2D eigenvalue weighted by molar-refractivity contribution is -0.197. The molecule has 1 saturated heterocycles. The maximum Gasteiger partial charge on any atom is 0.169 e. The third kappa shape index (κ3) is 2.31. The highest BCUT2D eigenvalue weighted by Crippen LogP contribution is 2.39. The van der Waals surface area contributed by atoms with E-state index in [-0.39, 0.29) is 17.8 Å². The number of aliphatic hydroxyl groups excluding tert-OH is 1. The lowest BCUT2D eigenvalue weighted by Gasteiger charge is -2.32. The molecule has 92 valence electrons. The van der Waals surface area contributed by atoms with Gasteiger partial charge in [0.25, 0.3) is 0 Å². The SMILES string of the molecule is C=C[C@H](C)[C@H](O)[C@H]1COC2(CCCCC2)O1. The predicted octanol–water partition coefficient (Wildman–Crippen LogP) is 2.25. The van der Waals surface area contributed by atoms with Crippen molar-refractivity contribution in [1.82, 2.24) is 0 Å². The van der Waals surface area contributed by atoms with Gasteiger partial charge in [-0.05, 0) is 12.8 Å². The summed E-state index contributed by atoms with van der Waals surface area (Å²) in [4.78, 5) is 0. The molecule has 1 aliphatic carbocycles. The van der Waals surface area contributed by atoms with E-state index in [9.17, 15) is 5.11 Å². The molecule has 1 saturated carbocycles. The van der Waals surface area contributed by atoms with Gasteiger partial charge in [0.1, 0.15) is 6.10 Å². The van der Waals surface area contributed by atoms with Crippen molar-refractivity contribution in [2.75, 3.05) is 6.61 Å². The van der Waals surface area contributed by atoms with E-state index < -0.39 is 6.10 Å². The average molecular weight is 226 g/mol. The third-order valence-corrected chi connectivity index (χ3v) is 3.78. The normalized spacial score (nSPS) is 32.5. The average Bonchev–Trinajstić information content (AvgIpc) is 2.72. The van der Waals surface area contributed by atoms with Gasteiger partial charge in [-0.25, -0.2) is 0 Å². The molecule has 1 spiro atoms. The van der Waals surface area contributed by atoms with E-state index in [1.165, 1.54) is 19.3 Å². The minimum Gasteiger partial charge on any atom is -0.390 e. The molecular weight excluding hydrogens is 204 g/mol. The second kappa shape index (κ2) is 4.86. The fourth-order valence-electron chi connectivity index (χ4n) is 2.58. The fourth-order valence-corrected chi connectivity index (χ4v) is 2.58. The molecule has 0 radical (unpaired) electrons. The number of aliphatic hydroxyl groups is 1.